The number of hydrogen-bond acceptors (Lipinski definition) is 3. The van der Waals surface area contributed by atoms with Crippen LogP contribution in [0.4, 0.5) is 0 Å². The van der Waals surface area contributed by atoms with Gasteiger partial charge in [-0.25, -0.2) is 8.42 Å². The van der Waals surface area contributed by atoms with Crippen LogP contribution >= 0.6 is 0 Å². The predicted octanol–water partition coefficient (Wildman–Crippen LogP) is 3.10. The first-order valence-corrected chi connectivity index (χ1v) is 7.90. The number of nitriles is 1. The summed E-state index contributed by atoms with van der Waals surface area (Å²) >= 11 is 0. The molecule has 0 heterocycles. The van der Waals surface area contributed by atoms with Crippen LogP contribution in [0.5, 0.6) is 0 Å². The lowest BCUT2D eigenvalue weighted by Crippen LogP contribution is -2.45. The predicted molar refractivity (Wildman–Crippen MR) is 74.1 cm³/mol. The number of hydrogen-bond donors (Lipinski definition) is 0. The van der Waals surface area contributed by atoms with Crippen LogP contribution < -0.4 is 0 Å². The zero-order valence-corrected chi connectivity index (χ0v) is 11.6. The Kier molecular flexibility index (Phi) is 3.77. The van der Waals surface area contributed by atoms with Crippen LogP contribution in [0.1, 0.15) is 25.7 Å². The van der Waals surface area contributed by atoms with E-state index in [0.717, 1.165) is 12.8 Å². The van der Waals surface area contributed by atoms with Crippen molar-refractivity contribution in [3.05, 3.63) is 43.0 Å². The SMILES string of the molecule is C=C[C@H]1CCCC[C@]1(C#N)S(=O)(=O)c1ccccc1. The smallest absolute Gasteiger partial charge is 0.198 e. The number of nitrogens with zero attached hydrogens (tertiary/aromatic N) is 1. The van der Waals surface area contributed by atoms with Crippen molar-refractivity contribution in [2.45, 2.75) is 35.3 Å². The molecular formula is C15H17NO2S. The Hall–Kier alpha value is -1.60. The van der Waals surface area contributed by atoms with Gasteiger partial charge >= 0.3 is 0 Å². The molecule has 2 rings (SSSR count). The second kappa shape index (κ2) is 5.18. The molecule has 0 saturated heterocycles. The summed E-state index contributed by atoms with van der Waals surface area (Å²) in [6.45, 7) is 3.72. The minimum atomic E-state index is -3.67. The molecule has 3 nitrogen and oxygen atoms in total. The van der Waals surface area contributed by atoms with Crippen molar-refractivity contribution in [1.82, 2.24) is 0 Å². The summed E-state index contributed by atoms with van der Waals surface area (Å²) < 4.78 is 24.3. The molecule has 0 radical (unpaired) electrons. The van der Waals surface area contributed by atoms with Crippen LogP contribution in [0, 0.1) is 17.2 Å². The highest BCUT2D eigenvalue weighted by Gasteiger charge is 2.51. The Morgan fingerprint density at radius 2 is 2.00 bits per heavy atom. The number of sulfone groups is 1. The number of allylic oxidation sites excluding steroid dienone is 1. The molecule has 1 aliphatic carbocycles. The zero-order chi connectivity index (χ0) is 13.9. The summed E-state index contributed by atoms with van der Waals surface area (Å²) in [5, 5.41) is 9.56. The van der Waals surface area contributed by atoms with Gasteiger partial charge < -0.3 is 0 Å². The highest BCUT2D eigenvalue weighted by molar-refractivity contribution is 7.93. The van der Waals surface area contributed by atoms with Gasteiger partial charge in [-0.15, -0.1) is 6.58 Å². The monoisotopic (exact) mass is 275 g/mol. The molecule has 1 aromatic rings. The maximum absolute atomic E-state index is 12.8. The highest BCUT2D eigenvalue weighted by Crippen LogP contribution is 2.43. The largest absolute Gasteiger partial charge is 0.222 e. The van der Waals surface area contributed by atoms with Crippen molar-refractivity contribution in [1.29, 1.82) is 5.26 Å². The van der Waals surface area contributed by atoms with E-state index in [1.807, 2.05) is 0 Å². The summed E-state index contributed by atoms with van der Waals surface area (Å²) in [5.41, 5.74) is 0. The Morgan fingerprint density at radius 1 is 1.32 bits per heavy atom. The van der Waals surface area contributed by atoms with Gasteiger partial charge in [0, 0.05) is 5.92 Å². The van der Waals surface area contributed by atoms with Crippen LogP contribution in [0.15, 0.2) is 47.9 Å². The van der Waals surface area contributed by atoms with Gasteiger partial charge in [-0.2, -0.15) is 5.26 Å². The maximum atomic E-state index is 12.8. The third-order valence-corrected chi connectivity index (χ3v) is 6.37. The van der Waals surface area contributed by atoms with Crippen molar-refractivity contribution in [2.24, 2.45) is 5.92 Å². The lowest BCUT2D eigenvalue weighted by Gasteiger charge is -2.36. The lowest BCUT2D eigenvalue weighted by atomic mass is 9.79. The summed E-state index contributed by atoms with van der Waals surface area (Å²) in [6, 6.07) is 10.4. The van der Waals surface area contributed by atoms with Gasteiger partial charge in [0.1, 0.15) is 0 Å². The molecule has 100 valence electrons. The van der Waals surface area contributed by atoms with Gasteiger partial charge in [0.05, 0.1) is 11.0 Å². The topological polar surface area (TPSA) is 57.9 Å². The second-order valence-electron chi connectivity index (χ2n) is 4.91. The van der Waals surface area contributed by atoms with E-state index >= 15 is 0 Å². The molecule has 2 atom stereocenters. The highest BCUT2D eigenvalue weighted by atomic mass is 32.2. The molecule has 0 aliphatic heterocycles. The standard InChI is InChI=1S/C15H17NO2S/c1-2-13-8-6-7-11-15(13,12-16)19(17,18)14-9-4-3-5-10-14/h2-5,9-10,13H,1,6-8,11H2/t13-,15+/m0/s1. The molecule has 0 unspecified atom stereocenters. The van der Waals surface area contributed by atoms with Crippen molar-refractivity contribution in [3.63, 3.8) is 0 Å². The summed E-state index contributed by atoms with van der Waals surface area (Å²) in [7, 11) is -3.67. The number of benzene rings is 1. The minimum absolute atomic E-state index is 0.227. The quantitative estimate of drug-likeness (QED) is 0.796. The van der Waals surface area contributed by atoms with E-state index in [0.29, 0.717) is 12.8 Å². The second-order valence-corrected chi connectivity index (χ2v) is 7.11. The van der Waals surface area contributed by atoms with Gasteiger partial charge in [0.2, 0.25) is 0 Å². The molecule has 0 N–H and O–H groups in total. The van der Waals surface area contributed by atoms with Crippen LogP contribution in [0.2, 0.25) is 0 Å². The normalized spacial score (nSPS) is 27.4. The van der Waals surface area contributed by atoms with E-state index in [2.05, 4.69) is 12.6 Å². The molecular weight excluding hydrogens is 258 g/mol. The Bertz CT molecular complexity index is 601. The first-order chi connectivity index (χ1) is 9.08. The van der Waals surface area contributed by atoms with E-state index in [1.165, 1.54) is 0 Å². The van der Waals surface area contributed by atoms with Crippen LogP contribution in [0.25, 0.3) is 0 Å². The van der Waals surface area contributed by atoms with E-state index in [1.54, 1.807) is 36.4 Å². The average molecular weight is 275 g/mol. The van der Waals surface area contributed by atoms with Gasteiger partial charge in [-0.05, 0) is 25.0 Å². The lowest BCUT2D eigenvalue weighted by molar-refractivity contribution is 0.357. The maximum Gasteiger partial charge on any atom is 0.198 e. The van der Waals surface area contributed by atoms with Crippen LogP contribution in [0.3, 0.4) is 0 Å². The van der Waals surface area contributed by atoms with Crippen LogP contribution in [-0.2, 0) is 9.84 Å². The first-order valence-electron chi connectivity index (χ1n) is 6.42. The molecule has 4 heteroatoms. The molecule has 0 aromatic heterocycles. The van der Waals surface area contributed by atoms with Gasteiger partial charge in [-0.1, -0.05) is 37.1 Å². The third-order valence-electron chi connectivity index (χ3n) is 3.92. The Balaban J connectivity index is 2.58. The third kappa shape index (κ3) is 2.08. The fourth-order valence-electron chi connectivity index (χ4n) is 2.82. The zero-order valence-electron chi connectivity index (χ0n) is 10.7. The minimum Gasteiger partial charge on any atom is -0.222 e. The fraction of sp³-hybridized carbons (Fsp3) is 0.400. The van der Waals surface area contributed by atoms with Gasteiger partial charge in [0.25, 0.3) is 0 Å². The van der Waals surface area contributed by atoms with Crippen molar-refractivity contribution in [3.8, 4) is 6.07 Å². The van der Waals surface area contributed by atoms with Crippen molar-refractivity contribution < 1.29 is 8.42 Å². The molecule has 0 amide bonds. The summed E-state index contributed by atoms with van der Waals surface area (Å²) in [6.07, 6.45) is 4.44. The summed E-state index contributed by atoms with van der Waals surface area (Å²) in [4.78, 5) is 0.227. The van der Waals surface area contributed by atoms with E-state index in [-0.39, 0.29) is 10.8 Å². The average Bonchev–Trinajstić information content (AvgIpc) is 2.47. The van der Waals surface area contributed by atoms with Gasteiger partial charge in [0.15, 0.2) is 14.6 Å². The molecule has 0 spiro atoms. The van der Waals surface area contributed by atoms with E-state index < -0.39 is 14.6 Å². The molecule has 1 aromatic carbocycles. The molecule has 1 saturated carbocycles. The molecule has 1 aliphatic rings. The van der Waals surface area contributed by atoms with Crippen molar-refractivity contribution >= 4 is 9.84 Å². The molecule has 19 heavy (non-hydrogen) atoms. The fourth-order valence-corrected chi connectivity index (χ4v) is 4.90. The van der Waals surface area contributed by atoms with E-state index in [9.17, 15) is 13.7 Å². The molecule has 1 fully saturated rings. The van der Waals surface area contributed by atoms with Gasteiger partial charge in [-0.3, -0.25) is 0 Å². The molecule has 0 bridgehead atoms. The Labute approximate surface area is 114 Å². The van der Waals surface area contributed by atoms with Crippen LogP contribution in [-0.4, -0.2) is 13.2 Å². The number of rotatable bonds is 3. The van der Waals surface area contributed by atoms with E-state index in [4.69, 9.17) is 0 Å². The summed E-state index contributed by atoms with van der Waals surface area (Å²) in [5.74, 6) is -0.295. The van der Waals surface area contributed by atoms with Crippen molar-refractivity contribution in [2.75, 3.05) is 0 Å². The Morgan fingerprint density at radius 3 is 2.58 bits per heavy atom. The first kappa shape index (κ1) is 13.8.